The van der Waals surface area contributed by atoms with Gasteiger partial charge in [-0.05, 0) is 39.8 Å². The number of aromatic nitrogens is 1. The number of hydrogen-bond donors (Lipinski definition) is 1. The molecule has 0 aliphatic heterocycles. The average Bonchev–Trinajstić information content (AvgIpc) is 2.97. The van der Waals surface area contributed by atoms with Crippen molar-refractivity contribution in [3.05, 3.63) is 46.2 Å². The molecule has 124 valence electrons. The Morgan fingerprint density at radius 3 is 2.70 bits per heavy atom. The van der Waals surface area contributed by atoms with Crippen LogP contribution in [-0.2, 0) is 11.3 Å². The Kier molecular flexibility index (Phi) is 5.39. The number of hydrazone groups is 1. The molecule has 0 aliphatic rings. The zero-order chi connectivity index (χ0) is 17.0. The molecule has 2 aromatic heterocycles. The molecule has 0 bridgehead atoms. The predicted octanol–water partition coefficient (Wildman–Crippen LogP) is 2.73. The monoisotopic (exact) mass is 317 g/mol. The van der Waals surface area contributed by atoms with Crippen molar-refractivity contribution in [2.45, 2.75) is 34.2 Å². The van der Waals surface area contributed by atoms with Crippen molar-refractivity contribution < 1.29 is 13.9 Å². The van der Waals surface area contributed by atoms with Gasteiger partial charge in [-0.15, -0.1) is 0 Å². The molecule has 0 atom stereocenters. The number of ether oxygens (including phenoxy) is 1. The fourth-order valence-corrected chi connectivity index (χ4v) is 2.56. The summed E-state index contributed by atoms with van der Waals surface area (Å²) in [4.78, 5) is 12.1. The Balaban J connectivity index is 2.06. The van der Waals surface area contributed by atoms with Gasteiger partial charge in [0.25, 0.3) is 5.91 Å². The maximum Gasteiger partial charge on any atom is 0.274 e. The molecular formula is C17H23N3O3. The number of amides is 1. The van der Waals surface area contributed by atoms with Crippen molar-refractivity contribution in [2.75, 3.05) is 13.7 Å². The number of hydrogen-bond acceptors (Lipinski definition) is 4. The lowest BCUT2D eigenvalue weighted by Crippen LogP contribution is -2.17. The predicted molar refractivity (Wildman–Crippen MR) is 89.0 cm³/mol. The number of methoxy groups -OCH3 is 1. The van der Waals surface area contributed by atoms with E-state index in [4.69, 9.17) is 9.15 Å². The van der Waals surface area contributed by atoms with Gasteiger partial charge in [0.15, 0.2) is 0 Å². The van der Waals surface area contributed by atoms with Crippen LogP contribution in [0.4, 0.5) is 0 Å². The molecule has 23 heavy (non-hydrogen) atoms. The fourth-order valence-electron chi connectivity index (χ4n) is 2.56. The van der Waals surface area contributed by atoms with Crippen LogP contribution in [0.25, 0.3) is 0 Å². The molecule has 1 amide bonds. The molecular weight excluding hydrogens is 294 g/mol. The summed E-state index contributed by atoms with van der Waals surface area (Å²) in [6.45, 7) is 9.08. The van der Waals surface area contributed by atoms with E-state index in [9.17, 15) is 4.79 Å². The van der Waals surface area contributed by atoms with Crippen molar-refractivity contribution >= 4 is 12.1 Å². The van der Waals surface area contributed by atoms with Gasteiger partial charge in [-0.1, -0.05) is 0 Å². The van der Waals surface area contributed by atoms with E-state index in [1.165, 1.54) is 0 Å². The highest BCUT2D eigenvalue weighted by atomic mass is 16.5. The number of nitrogens with one attached hydrogen (secondary N) is 1. The molecule has 0 saturated heterocycles. The minimum absolute atomic E-state index is 0.274. The van der Waals surface area contributed by atoms with Crippen LogP contribution in [-0.4, -0.2) is 30.4 Å². The van der Waals surface area contributed by atoms with Crippen LogP contribution in [0.3, 0.4) is 0 Å². The first-order valence-corrected chi connectivity index (χ1v) is 7.50. The third-order valence-corrected chi connectivity index (χ3v) is 3.79. The van der Waals surface area contributed by atoms with Crippen LogP contribution < -0.4 is 5.43 Å². The third-order valence-electron chi connectivity index (χ3n) is 3.79. The molecule has 0 unspecified atom stereocenters. The molecule has 2 aromatic rings. The van der Waals surface area contributed by atoms with Gasteiger partial charge < -0.3 is 13.7 Å². The van der Waals surface area contributed by atoms with Crippen molar-refractivity contribution in [2.24, 2.45) is 5.10 Å². The number of carbonyl (C=O) groups excluding carboxylic acids is 1. The third kappa shape index (κ3) is 3.90. The Bertz CT molecular complexity index is 726. The van der Waals surface area contributed by atoms with Gasteiger partial charge in [0.2, 0.25) is 0 Å². The molecule has 0 radical (unpaired) electrons. The summed E-state index contributed by atoms with van der Waals surface area (Å²) >= 11 is 0. The molecule has 0 fully saturated rings. The topological polar surface area (TPSA) is 68.8 Å². The fraction of sp³-hybridized carbons (Fsp3) is 0.412. The number of rotatable bonds is 6. The van der Waals surface area contributed by atoms with E-state index in [-0.39, 0.29) is 5.91 Å². The van der Waals surface area contributed by atoms with Gasteiger partial charge >= 0.3 is 0 Å². The summed E-state index contributed by atoms with van der Waals surface area (Å²) in [5, 5.41) is 4.05. The summed E-state index contributed by atoms with van der Waals surface area (Å²) in [6, 6.07) is 3.74. The number of carbonyl (C=O) groups is 1. The minimum atomic E-state index is -0.274. The Morgan fingerprint density at radius 1 is 1.35 bits per heavy atom. The van der Waals surface area contributed by atoms with E-state index >= 15 is 0 Å². The van der Waals surface area contributed by atoms with Crippen LogP contribution >= 0.6 is 0 Å². The first kappa shape index (κ1) is 17.0. The lowest BCUT2D eigenvalue weighted by Gasteiger charge is -2.08. The van der Waals surface area contributed by atoms with Crippen molar-refractivity contribution in [3.8, 4) is 0 Å². The SMILES string of the molecule is COCCn1c(C)cc(C=NNC(=O)c2cc(C)oc2C)c1C. The van der Waals surface area contributed by atoms with Crippen LogP contribution in [0.15, 0.2) is 21.7 Å². The van der Waals surface area contributed by atoms with Crippen molar-refractivity contribution in [1.29, 1.82) is 0 Å². The number of nitrogens with zero attached hydrogens (tertiary/aromatic N) is 2. The molecule has 0 aromatic carbocycles. The van der Waals surface area contributed by atoms with Crippen LogP contribution in [0.5, 0.6) is 0 Å². The van der Waals surface area contributed by atoms with Gasteiger partial charge in [0.1, 0.15) is 11.5 Å². The maximum absolute atomic E-state index is 12.1. The van der Waals surface area contributed by atoms with Gasteiger partial charge in [-0.2, -0.15) is 5.10 Å². The normalized spacial score (nSPS) is 11.3. The standard InChI is InChI=1S/C17H23N3O3/c1-11-8-15(13(3)20(11)6-7-22-5)10-18-19-17(21)16-9-12(2)23-14(16)4/h8-10H,6-7H2,1-5H3,(H,19,21). The number of furan rings is 1. The largest absolute Gasteiger partial charge is 0.466 e. The molecule has 1 N–H and O–H groups in total. The number of aryl methyl sites for hydroxylation is 3. The molecule has 0 saturated carbocycles. The van der Waals surface area contributed by atoms with Crippen molar-refractivity contribution in [1.82, 2.24) is 9.99 Å². The molecule has 2 heterocycles. The summed E-state index contributed by atoms with van der Waals surface area (Å²) in [6.07, 6.45) is 1.66. The highest BCUT2D eigenvalue weighted by Gasteiger charge is 2.12. The van der Waals surface area contributed by atoms with Crippen molar-refractivity contribution in [3.63, 3.8) is 0 Å². The van der Waals surface area contributed by atoms with Crippen LogP contribution in [0.2, 0.25) is 0 Å². The zero-order valence-corrected chi connectivity index (χ0v) is 14.3. The van der Waals surface area contributed by atoms with E-state index in [0.29, 0.717) is 23.7 Å². The first-order valence-electron chi connectivity index (χ1n) is 7.50. The highest BCUT2D eigenvalue weighted by molar-refractivity contribution is 5.96. The molecule has 0 aliphatic carbocycles. The quantitative estimate of drug-likeness (QED) is 0.658. The van der Waals surface area contributed by atoms with E-state index < -0.39 is 0 Å². The summed E-state index contributed by atoms with van der Waals surface area (Å²) in [5.41, 5.74) is 6.24. The second-order valence-electron chi connectivity index (χ2n) is 5.50. The second kappa shape index (κ2) is 7.28. The zero-order valence-electron chi connectivity index (χ0n) is 14.3. The van der Waals surface area contributed by atoms with E-state index in [0.717, 1.165) is 23.5 Å². The first-order chi connectivity index (χ1) is 10.9. The van der Waals surface area contributed by atoms with Gasteiger partial charge in [-0.3, -0.25) is 4.79 Å². The smallest absolute Gasteiger partial charge is 0.274 e. The van der Waals surface area contributed by atoms with E-state index in [1.807, 2.05) is 26.8 Å². The summed E-state index contributed by atoms with van der Waals surface area (Å²) in [7, 11) is 1.69. The highest BCUT2D eigenvalue weighted by Crippen LogP contribution is 2.14. The summed E-state index contributed by atoms with van der Waals surface area (Å²) in [5.74, 6) is 1.02. The Labute approximate surface area is 136 Å². The van der Waals surface area contributed by atoms with Gasteiger partial charge in [0.05, 0.1) is 18.4 Å². The lowest BCUT2D eigenvalue weighted by atomic mass is 10.2. The molecule has 6 heteroatoms. The minimum Gasteiger partial charge on any atom is -0.466 e. The molecule has 6 nitrogen and oxygen atoms in total. The van der Waals surface area contributed by atoms with Gasteiger partial charge in [-0.25, -0.2) is 5.43 Å². The Morgan fingerprint density at radius 2 is 2.09 bits per heavy atom. The molecule has 2 rings (SSSR count). The van der Waals surface area contributed by atoms with Gasteiger partial charge in [0, 0.05) is 30.6 Å². The Hall–Kier alpha value is -2.34. The van der Waals surface area contributed by atoms with Crippen LogP contribution in [0, 0.1) is 27.7 Å². The lowest BCUT2D eigenvalue weighted by molar-refractivity contribution is 0.0953. The second-order valence-corrected chi connectivity index (χ2v) is 5.50. The molecule has 0 spiro atoms. The van der Waals surface area contributed by atoms with E-state index in [2.05, 4.69) is 15.1 Å². The van der Waals surface area contributed by atoms with E-state index in [1.54, 1.807) is 26.3 Å². The maximum atomic E-state index is 12.1. The summed E-state index contributed by atoms with van der Waals surface area (Å²) < 4.78 is 12.6. The average molecular weight is 317 g/mol. The van der Waals surface area contributed by atoms with Crippen LogP contribution in [0.1, 0.15) is 38.8 Å².